The van der Waals surface area contributed by atoms with Crippen LogP contribution in [-0.4, -0.2) is 50.8 Å². The summed E-state index contributed by atoms with van der Waals surface area (Å²) >= 11 is 0. The van der Waals surface area contributed by atoms with Crippen molar-refractivity contribution in [1.82, 2.24) is 50.8 Å². The van der Waals surface area contributed by atoms with E-state index in [4.69, 9.17) is 0 Å². The first-order valence-electron chi connectivity index (χ1n) is 5.34. The summed E-state index contributed by atoms with van der Waals surface area (Å²) in [5.41, 5.74) is 1.78. The minimum Gasteiger partial charge on any atom is -0.289 e. The highest BCUT2D eigenvalue weighted by Gasteiger charge is 2.09. The first-order valence-corrected chi connectivity index (χ1v) is 5.34. The lowest BCUT2D eigenvalue weighted by atomic mass is 10.4. The van der Waals surface area contributed by atoms with Gasteiger partial charge in [-0.25, -0.2) is 9.78 Å². The van der Waals surface area contributed by atoms with Crippen LogP contribution in [0.2, 0.25) is 0 Å². The number of H-pyrrole nitrogens is 1. The molecule has 0 unspecified atom stereocenters. The third-order valence-corrected chi connectivity index (χ3v) is 2.24. The average molecular weight is 259 g/mol. The molecule has 0 aliphatic heterocycles. The zero-order valence-corrected chi connectivity index (χ0v) is 10.1. The fraction of sp³-hybridized carbons (Fsp3) is 0.250. The summed E-state index contributed by atoms with van der Waals surface area (Å²) in [7, 11) is 0. The lowest BCUT2D eigenvalue weighted by Crippen LogP contribution is -2.10. The van der Waals surface area contributed by atoms with Crippen LogP contribution in [0.15, 0.2) is 6.07 Å². The van der Waals surface area contributed by atoms with Crippen molar-refractivity contribution in [3.05, 3.63) is 17.5 Å². The van der Waals surface area contributed by atoms with Gasteiger partial charge in [-0.15, -0.1) is 20.4 Å². The zero-order chi connectivity index (χ0) is 13.2. The number of aromatic nitrogens is 10. The Morgan fingerprint density at radius 2 is 1.89 bits per heavy atom. The molecule has 11 heteroatoms. The number of hydrogen-bond acceptors (Lipinski definition) is 9. The Bertz CT molecular complexity index is 667. The van der Waals surface area contributed by atoms with Crippen molar-refractivity contribution in [3.63, 3.8) is 0 Å². The number of nitrogens with zero attached hydrogens (tertiary/aromatic N) is 9. The monoisotopic (exact) mass is 259 g/mol. The maximum absolute atomic E-state index is 4.24. The van der Waals surface area contributed by atoms with E-state index in [1.807, 2.05) is 19.9 Å². The Morgan fingerprint density at radius 1 is 1.11 bits per heavy atom. The first kappa shape index (κ1) is 11.1. The normalized spacial score (nSPS) is 10.6. The van der Waals surface area contributed by atoms with Gasteiger partial charge in [-0.3, -0.25) is 5.32 Å². The van der Waals surface area contributed by atoms with Crippen LogP contribution >= 0.6 is 0 Å². The molecule has 3 rings (SSSR count). The van der Waals surface area contributed by atoms with E-state index in [9.17, 15) is 0 Å². The summed E-state index contributed by atoms with van der Waals surface area (Å²) in [5, 5.41) is 35.5. The van der Waals surface area contributed by atoms with Crippen LogP contribution in [0, 0.1) is 13.8 Å². The second-order valence-electron chi connectivity index (χ2n) is 3.74. The van der Waals surface area contributed by atoms with E-state index in [0.717, 1.165) is 11.4 Å². The molecule has 0 aliphatic carbocycles. The van der Waals surface area contributed by atoms with Gasteiger partial charge >= 0.3 is 0 Å². The number of aromatic amines is 1. The van der Waals surface area contributed by atoms with Crippen molar-refractivity contribution < 1.29 is 0 Å². The van der Waals surface area contributed by atoms with Gasteiger partial charge in [-0.05, 0) is 30.3 Å². The molecule has 0 amide bonds. The number of nitrogens with one attached hydrogen (secondary N) is 2. The van der Waals surface area contributed by atoms with Crippen LogP contribution in [-0.2, 0) is 0 Å². The van der Waals surface area contributed by atoms with Gasteiger partial charge in [0.1, 0.15) is 0 Å². The van der Waals surface area contributed by atoms with Crippen LogP contribution < -0.4 is 5.32 Å². The van der Waals surface area contributed by atoms with Gasteiger partial charge in [0.15, 0.2) is 0 Å². The molecule has 0 atom stereocenters. The molecule has 0 saturated heterocycles. The number of anilines is 2. The zero-order valence-electron chi connectivity index (χ0n) is 10.1. The highest BCUT2D eigenvalue weighted by atomic mass is 15.5. The topological polar surface area (TPSA) is 136 Å². The molecular weight excluding hydrogens is 250 g/mol. The molecule has 11 nitrogen and oxygen atoms in total. The summed E-state index contributed by atoms with van der Waals surface area (Å²) in [4.78, 5) is 0. The van der Waals surface area contributed by atoms with Crippen LogP contribution in [0.5, 0.6) is 0 Å². The number of hydrogen-bond donors (Lipinski definition) is 2. The molecule has 0 spiro atoms. The molecule has 3 heterocycles. The van der Waals surface area contributed by atoms with Crippen molar-refractivity contribution in [2.24, 2.45) is 0 Å². The predicted octanol–water partition coefficient (Wildman–Crippen LogP) is -0.674. The van der Waals surface area contributed by atoms with E-state index in [1.165, 1.54) is 0 Å². The molecule has 96 valence electrons. The highest BCUT2D eigenvalue weighted by molar-refractivity contribution is 5.38. The lowest BCUT2D eigenvalue weighted by molar-refractivity contribution is 0.713. The Labute approximate surface area is 106 Å². The fourth-order valence-electron chi connectivity index (χ4n) is 1.51. The Kier molecular flexibility index (Phi) is 2.55. The number of rotatable bonds is 3. The highest BCUT2D eigenvalue weighted by Crippen LogP contribution is 2.07. The third kappa shape index (κ3) is 2.20. The van der Waals surface area contributed by atoms with E-state index in [2.05, 4.69) is 51.4 Å². The van der Waals surface area contributed by atoms with Gasteiger partial charge in [0, 0.05) is 5.69 Å². The summed E-state index contributed by atoms with van der Waals surface area (Å²) in [6.07, 6.45) is 0. The van der Waals surface area contributed by atoms with Crippen LogP contribution in [0.3, 0.4) is 0 Å². The number of tetrazole rings is 1. The molecule has 0 aromatic carbocycles. The van der Waals surface area contributed by atoms with Gasteiger partial charge < -0.3 is 0 Å². The number of aryl methyl sites for hydroxylation is 2. The SMILES string of the molecule is Cc1cc(C)n(-c2nnc(Nc3nnn[nH]3)nn2)n1. The molecule has 0 fully saturated rings. The smallest absolute Gasteiger partial charge is 0.289 e. The predicted molar refractivity (Wildman–Crippen MR) is 61.7 cm³/mol. The van der Waals surface area contributed by atoms with Crippen LogP contribution in [0.4, 0.5) is 11.9 Å². The minimum atomic E-state index is 0.184. The van der Waals surface area contributed by atoms with Crippen LogP contribution in [0.25, 0.3) is 5.95 Å². The maximum Gasteiger partial charge on any atom is 0.289 e. The Hall–Kier alpha value is -2.98. The summed E-state index contributed by atoms with van der Waals surface area (Å²) in [5.74, 6) is 0.790. The first-order chi connectivity index (χ1) is 9.22. The van der Waals surface area contributed by atoms with Crippen molar-refractivity contribution in [3.8, 4) is 5.95 Å². The van der Waals surface area contributed by atoms with Crippen LogP contribution in [0.1, 0.15) is 11.4 Å². The van der Waals surface area contributed by atoms with E-state index in [-0.39, 0.29) is 5.95 Å². The molecule has 0 bridgehead atoms. The summed E-state index contributed by atoms with van der Waals surface area (Å²) in [6.45, 7) is 3.78. The third-order valence-electron chi connectivity index (χ3n) is 2.24. The van der Waals surface area contributed by atoms with Gasteiger partial charge in [0.25, 0.3) is 11.9 Å². The minimum absolute atomic E-state index is 0.184. The molecule has 3 aromatic rings. The van der Waals surface area contributed by atoms with Crippen molar-refractivity contribution in [2.45, 2.75) is 13.8 Å². The van der Waals surface area contributed by atoms with Gasteiger partial charge in [0.2, 0.25) is 5.95 Å². The molecule has 2 N–H and O–H groups in total. The standard InChI is InChI=1S/C8H9N11/c1-4-3-5(2)19(16-4)8-14-10-6(11-15-8)9-7-12-17-18-13-7/h3H,1-2H3,(H2,9,10,11,12,13,17,18). The second-order valence-corrected chi connectivity index (χ2v) is 3.74. The molecule has 0 saturated carbocycles. The van der Waals surface area contributed by atoms with Crippen molar-refractivity contribution in [1.29, 1.82) is 0 Å². The van der Waals surface area contributed by atoms with E-state index >= 15 is 0 Å². The fourth-order valence-corrected chi connectivity index (χ4v) is 1.51. The average Bonchev–Trinajstić information content (AvgIpc) is 3.00. The maximum atomic E-state index is 4.24. The van der Waals surface area contributed by atoms with Crippen molar-refractivity contribution in [2.75, 3.05) is 5.32 Å². The van der Waals surface area contributed by atoms with Crippen molar-refractivity contribution >= 4 is 11.9 Å². The van der Waals surface area contributed by atoms with Gasteiger partial charge in [-0.1, -0.05) is 5.10 Å². The van der Waals surface area contributed by atoms with E-state index in [0.29, 0.717) is 11.9 Å². The lowest BCUT2D eigenvalue weighted by Gasteiger charge is -2.01. The van der Waals surface area contributed by atoms with Gasteiger partial charge in [0.05, 0.1) is 5.69 Å². The molecule has 0 aliphatic rings. The summed E-state index contributed by atoms with van der Waals surface area (Å²) in [6, 6.07) is 1.91. The van der Waals surface area contributed by atoms with E-state index < -0.39 is 0 Å². The van der Waals surface area contributed by atoms with Gasteiger partial charge in [-0.2, -0.15) is 5.10 Å². The van der Waals surface area contributed by atoms with E-state index in [1.54, 1.807) is 4.68 Å². The molecule has 0 radical (unpaired) electrons. The molecular formula is C8H9N11. The molecule has 19 heavy (non-hydrogen) atoms. The quantitative estimate of drug-likeness (QED) is 0.627. The largest absolute Gasteiger partial charge is 0.289 e. The molecule has 3 aromatic heterocycles. The summed E-state index contributed by atoms with van der Waals surface area (Å²) < 4.78 is 1.56. The Morgan fingerprint density at radius 3 is 2.47 bits per heavy atom. The Balaban J connectivity index is 1.84. The second kappa shape index (κ2) is 4.36.